The molecular weight excluding hydrogens is 312 g/mol. The number of nitrogens with zero attached hydrogens (tertiary/aromatic N) is 5. The molecule has 0 saturated carbocycles. The second kappa shape index (κ2) is 7.63. The Hall–Kier alpha value is -1.12. The normalized spacial score (nSPS) is 22.9. The monoisotopic (exact) mass is 338 g/mol. The molecule has 2 saturated heterocycles. The van der Waals surface area contributed by atoms with Crippen LogP contribution in [0, 0.1) is 0 Å². The van der Waals surface area contributed by atoms with Crippen molar-refractivity contribution in [3.05, 3.63) is 5.82 Å². The van der Waals surface area contributed by atoms with Gasteiger partial charge in [-0.15, -0.1) is 10.2 Å². The standard InChI is InChI=1S/C15H26N6OS/c1-19-14(12-5-4-8-21(12)11-13(16)22)17-18-15(19)23-10-9-20-6-2-3-7-20/h12H,2-11H2,1H3,(H2,16,22)/t12-/m1/s1. The molecule has 0 aromatic carbocycles. The second-order valence-corrected chi connectivity index (χ2v) is 7.45. The second-order valence-electron chi connectivity index (χ2n) is 6.39. The van der Waals surface area contributed by atoms with Crippen LogP contribution in [0.2, 0.25) is 0 Å². The highest BCUT2D eigenvalue weighted by Crippen LogP contribution is 2.31. The summed E-state index contributed by atoms with van der Waals surface area (Å²) in [6, 6.07) is 0.160. The first-order valence-corrected chi connectivity index (χ1v) is 9.40. The van der Waals surface area contributed by atoms with Crippen molar-refractivity contribution >= 4 is 17.7 Å². The van der Waals surface area contributed by atoms with E-state index in [0.29, 0.717) is 6.54 Å². The highest BCUT2D eigenvalue weighted by atomic mass is 32.2. The molecule has 3 heterocycles. The number of thioether (sulfide) groups is 1. The molecule has 0 spiro atoms. The van der Waals surface area contributed by atoms with Crippen molar-refractivity contribution < 1.29 is 4.79 Å². The van der Waals surface area contributed by atoms with Gasteiger partial charge in [0.2, 0.25) is 5.91 Å². The van der Waals surface area contributed by atoms with E-state index in [4.69, 9.17) is 5.73 Å². The largest absolute Gasteiger partial charge is 0.369 e. The third kappa shape index (κ3) is 4.05. The summed E-state index contributed by atoms with van der Waals surface area (Å²) in [5, 5.41) is 9.71. The van der Waals surface area contributed by atoms with Crippen molar-refractivity contribution in [2.75, 3.05) is 38.5 Å². The molecule has 0 bridgehead atoms. The highest BCUT2D eigenvalue weighted by molar-refractivity contribution is 7.99. The maximum Gasteiger partial charge on any atom is 0.231 e. The summed E-state index contributed by atoms with van der Waals surface area (Å²) in [5.74, 6) is 1.72. The minimum atomic E-state index is -0.278. The molecule has 1 aromatic heterocycles. The number of carbonyl (C=O) groups excluding carboxylic acids is 1. The molecule has 23 heavy (non-hydrogen) atoms. The first-order chi connectivity index (χ1) is 11.1. The number of hydrogen-bond donors (Lipinski definition) is 1. The number of carbonyl (C=O) groups is 1. The van der Waals surface area contributed by atoms with Gasteiger partial charge in [-0.05, 0) is 45.3 Å². The van der Waals surface area contributed by atoms with Gasteiger partial charge in [-0.2, -0.15) is 0 Å². The van der Waals surface area contributed by atoms with Crippen LogP contribution in [0.4, 0.5) is 0 Å². The van der Waals surface area contributed by atoms with E-state index in [1.807, 2.05) is 7.05 Å². The van der Waals surface area contributed by atoms with Gasteiger partial charge in [0.15, 0.2) is 11.0 Å². The van der Waals surface area contributed by atoms with E-state index in [9.17, 15) is 4.79 Å². The summed E-state index contributed by atoms with van der Waals surface area (Å²) in [6.45, 7) is 4.78. The molecule has 0 radical (unpaired) electrons. The van der Waals surface area contributed by atoms with Crippen LogP contribution in [0.1, 0.15) is 37.5 Å². The van der Waals surface area contributed by atoms with Crippen molar-refractivity contribution in [2.24, 2.45) is 12.8 Å². The number of likely N-dealkylation sites (tertiary alicyclic amines) is 2. The lowest BCUT2D eigenvalue weighted by atomic mass is 10.2. The zero-order valence-corrected chi connectivity index (χ0v) is 14.6. The smallest absolute Gasteiger partial charge is 0.231 e. The minimum Gasteiger partial charge on any atom is -0.369 e. The lowest BCUT2D eigenvalue weighted by Gasteiger charge is -2.22. The van der Waals surface area contributed by atoms with Crippen molar-refractivity contribution in [2.45, 2.75) is 36.9 Å². The molecule has 2 aliphatic rings. The minimum absolute atomic E-state index is 0.160. The fraction of sp³-hybridized carbons (Fsp3) is 0.800. The fourth-order valence-corrected chi connectivity index (χ4v) is 4.44. The van der Waals surface area contributed by atoms with Crippen LogP contribution in [0.25, 0.3) is 0 Å². The van der Waals surface area contributed by atoms with E-state index in [0.717, 1.165) is 42.7 Å². The topological polar surface area (TPSA) is 80.3 Å². The van der Waals surface area contributed by atoms with Gasteiger partial charge in [0.25, 0.3) is 0 Å². The lowest BCUT2D eigenvalue weighted by Crippen LogP contribution is -2.34. The Morgan fingerprint density at radius 1 is 1.26 bits per heavy atom. The zero-order chi connectivity index (χ0) is 16.2. The van der Waals surface area contributed by atoms with Gasteiger partial charge in [-0.1, -0.05) is 11.8 Å². The van der Waals surface area contributed by atoms with Crippen LogP contribution in [-0.4, -0.2) is 68.9 Å². The molecule has 2 fully saturated rings. The van der Waals surface area contributed by atoms with E-state index in [-0.39, 0.29) is 11.9 Å². The van der Waals surface area contributed by atoms with Crippen LogP contribution in [0.3, 0.4) is 0 Å². The molecule has 8 heteroatoms. The third-order valence-corrected chi connectivity index (χ3v) is 5.73. The molecule has 7 nitrogen and oxygen atoms in total. The lowest BCUT2D eigenvalue weighted by molar-refractivity contribution is -0.119. The first kappa shape index (κ1) is 16.7. The van der Waals surface area contributed by atoms with Gasteiger partial charge in [0.1, 0.15) is 0 Å². The number of hydrogen-bond acceptors (Lipinski definition) is 6. The SMILES string of the molecule is Cn1c(SCCN2CCCC2)nnc1[C@H]1CCCN1CC(N)=O. The van der Waals surface area contributed by atoms with Crippen molar-refractivity contribution in [3.63, 3.8) is 0 Å². The molecule has 1 amide bonds. The van der Waals surface area contributed by atoms with Crippen molar-refractivity contribution in [1.82, 2.24) is 24.6 Å². The summed E-state index contributed by atoms with van der Waals surface area (Å²) < 4.78 is 2.08. The molecule has 0 aliphatic carbocycles. The summed E-state index contributed by atoms with van der Waals surface area (Å²) in [6.07, 6.45) is 4.74. The Morgan fingerprint density at radius 3 is 2.78 bits per heavy atom. The summed E-state index contributed by atoms with van der Waals surface area (Å²) in [7, 11) is 2.02. The van der Waals surface area contributed by atoms with Crippen LogP contribution in [0.15, 0.2) is 5.16 Å². The predicted octanol–water partition coefficient (Wildman–Crippen LogP) is 0.625. The molecule has 1 atom stereocenters. The van der Waals surface area contributed by atoms with Crippen molar-refractivity contribution in [3.8, 4) is 0 Å². The summed E-state index contributed by atoms with van der Waals surface area (Å²) in [4.78, 5) is 15.8. The van der Waals surface area contributed by atoms with Gasteiger partial charge in [0, 0.05) is 19.3 Å². The maximum atomic E-state index is 11.2. The van der Waals surface area contributed by atoms with Gasteiger partial charge >= 0.3 is 0 Å². The Kier molecular flexibility index (Phi) is 5.55. The van der Waals surface area contributed by atoms with E-state index in [1.165, 1.54) is 25.9 Å². The zero-order valence-electron chi connectivity index (χ0n) is 13.8. The number of aromatic nitrogens is 3. The quantitative estimate of drug-likeness (QED) is 0.735. The van der Waals surface area contributed by atoms with Gasteiger partial charge in [0.05, 0.1) is 12.6 Å². The average Bonchev–Trinajstić information content (AvgIpc) is 3.22. The van der Waals surface area contributed by atoms with Crippen LogP contribution in [-0.2, 0) is 11.8 Å². The Bertz CT molecular complexity index is 542. The Labute approximate surface area is 141 Å². The van der Waals surface area contributed by atoms with Crippen LogP contribution < -0.4 is 5.73 Å². The molecular formula is C15H26N6OS. The number of nitrogens with two attached hydrogens (primary N) is 1. The van der Waals surface area contributed by atoms with Gasteiger partial charge in [-0.3, -0.25) is 9.69 Å². The Morgan fingerprint density at radius 2 is 2.04 bits per heavy atom. The molecule has 2 aliphatic heterocycles. The van der Waals surface area contributed by atoms with Gasteiger partial charge in [-0.25, -0.2) is 0 Å². The van der Waals surface area contributed by atoms with E-state index in [2.05, 4.69) is 24.6 Å². The van der Waals surface area contributed by atoms with Crippen molar-refractivity contribution in [1.29, 1.82) is 0 Å². The summed E-state index contributed by atoms with van der Waals surface area (Å²) >= 11 is 1.77. The van der Waals surface area contributed by atoms with Crippen LogP contribution in [0.5, 0.6) is 0 Å². The van der Waals surface area contributed by atoms with Crippen LogP contribution >= 0.6 is 11.8 Å². The molecule has 1 aromatic rings. The van der Waals surface area contributed by atoms with Gasteiger partial charge < -0.3 is 15.2 Å². The number of primary amides is 1. The molecule has 0 unspecified atom stereocenters. The summed E-state index contributed by atoms with van der Waals surface area (Å²) in [5.41, 5.74) is 5.35. The fourth-order valence-electron chi connectivity index (χ4n) is 3.52. The third-order valence-electron chi connectivity index (χ3n) is 4.73. The molecule has 2 N–H and O–H groups in total. The van der Waals surface area contributed by atoms with E-state index in [1.54, 1.807) is 11.8 Å². The first-order valence-electron chi connectivity index (χ1n) is 8.42. The highest BCUT2D eigenvalue weighted by Gasteiger charge is 2.31. The molecule has 3 rings (SSSR count). The van der Waals surface area contributed by atoms with E-state index >= 15 is 0 Å². The number of rotatable bonds is 7. The predicted molar refractivity (Wildman–Crippen MR) is 90.1 cm³/mol. The maximum absolute atomic E-state index is 11.2. The average molecular weight is 338 g/mol. The van der Waals surface area contributed by atoms with E-state index < -0.39 is 0 Å². The molecule has 128 valence electrons. The Balaban J connectivity index is 1.58. The number of amides is 1.